The van der Waals surface area contributed by atoms with Gasteiger partial charge >= 0.3 is 6.09 Å². The van der Waals surface area contributed by atoms with Crippen molar-refractivity contribution in [2.24, 2.45) is 5.73 Å². The van der Waals surface area contributed by atoms with Crippen LogP contribution in [-0.2, 0) is 4.74 Å². The summed E-state index contributed by atoms with van der Waals surface area (Å²) in [5, 5.41) is 9.48. The van der Waals surface area contributed by atoms with Gasteiger partial charge in [-0.3, -0.25) is 0 Å². The van der Waals surface area contributed by atoms with Gasteiger partial charge in [-0.15, -0.1) is 0 Å². The Bertz CT molecular complexity index is 181. The van der Waals surface area contributed by atoms with Crippen LogP contribution in [0, 0.1) is 0 Å². The Morgan fingerprint density at radius 1 is 1.43 bits per heavy atom. The van der Waals surface area contributed by atoms with E-state index in [4.69, 9.17) is 5.73 Å². The largest absolute Gasteiger partial charge is 0.447 e. The molecule has 0 spiro atoms. The van der Waals surface area contributed by atoms with Gasteiger partial charge in [-0.1, -0.05) is 6.42 Å². The highest BCUT2D eigenvalue weighted by Crippen LogP contribution is 2.08. The van der Waals surface area contributed by atoms with E-state index in [0.717, 1.165) is 13.1 Å². The molecule has 1 atom stereocenters. The minimum atomic E-state index is -0.831. The molecule has 1 amide bonds. The SMILES string of the molecule is NC(=O)OCC(O)CN1CCCCC1. The first-order valence-electron chi connectivity index (χ1n) is 5.01. The van der Waals surface area contributed by atoms with Crippen molar-refractivity contribution in [3.05, 3.63) is 0 Å². The first-order valence-corrected chi connectivity index (χ1v) is 5.01. The molecule has 1 heterocycles. The van der Waals surface area contributed by atoms with Crippen LogP contribution in [0.25, 0.3) is 0 Å². The van der Waals surface area contributed by atoms with Crippen LogP contribution in [0.3, 0.4) is 0 Å². The molecule has 1 saturated heterocycles. The molecule has 0 bridgehead atoms. The van der Waals surface area contributed by atoms with Crippen LogP contribution in [0.15, 0.2) is 0 Å². The molecule has 0 aliphatic carbocycles. The van der Waals surface area contributed by atoms with Crippen LogP contribution >= 0.6 is 0 Å². The number of nitrogens with two attached hydrogens (primary N) is 1. The molecule has 0 aromatic heterocycles. The first-order chi connectivity index (χ1) is 6.68. The maximum absolute atomic E-state index is 10.3. The normalized spacial score (nSPS) is 20.4. The summed E-state index contributed by atoms with van der Waals surface area (Å²) in [5.41, 5.74) is 4.79. The molecule has 5 nitrogen and oxygen atoms in total. The van der Waals surface area contributed by atoms with Crippen LogP contribution in [-0.4, -0.2) is 48.4 Å². The fourth-order valence-corrected chi connectivity index (χ4v) is 1.67. The molecule has 1 unspecified atom stereocenters. The number of carbonyl (C=O) groups is 1. The maximum Gasteiger partial charge on any atom is 0.404 e. The number of hydrogen-bond donors (Lipinski definition) is 2. The second-order valence-electron chi connectivity index (χ2n) is 3.65. The Hall–Kier alpha value is -0.810. The first kappa shape index (κ1) is 11.3. The molecule has 1 fully saturated rings. The van der Waals surface area contributed by atoms with Crippen molar-refractivity contribution in [1.29, 1.82) is 0 Å². The molecule has 3 N–H and O–H groups in total. The van der Waals surface area contributed by atoms with Crippen molar-refractivity contribution in [2.45, 2.75) is 25.4 Å². The third-order valence-electron chi connectivity index (χ3n) is 2.34. The summed E-state index contributed by atoms with van der Waals surface area (Å²) in [4.78, 5) is 12.5. The third-order valence-corrected chi connectivity index (χ3v) is 2.34. The van der Waals surface area contributed by atoms with Crippen LogP contribution in [0.5, 0.6) is 0 Å². The van der Waals surface area contributed by atoms with Gasteiger partial charge in [0.2, 0.25) is 0 Å². The topological polar surface area (TPSA) is 75.8 Å². The quantitative estimate of drug-likeness (QED) is 0.669. The highest BCUT2D eigenvalue weighted by atomic mass is 16.6. The zero-order chi connectivity index (χ0) is 10.4. The molecule has 82 valence electrons. The van der Waals surface area contributed by atoms with Gasteiger partial charge in [0.25, 0.3) is 0 Å². The van der Waals surface area contributed by atoms with E-state index in [1.165, 1.54) is 19.3 Å². The minimum absolute atomic E-state index is 0.00810. The average Bonchev–Trinajstić information content (AvgIpc) is 2.16. The van der Waals surface area contributed by atoms with E-state index >= 15 is 0 Å². The molecular weight excluding hydrogens is 184 g/mol. The summed E-state index contributed by atoms with van der Waals surface area (Å²) in [7, 11) is 0. The van der Waals surface area contributed by atoms with E-state index in [0.29, 0.717) is 6.54 Å². The number of ether oxygens (including phenoxy) is 1. The number of amides is 1. The van der Waals surface area contributed by atoms with Crippen LogP contribution in [0.1, 0.15) is 19.3 Å². The number of nitrogens with zero attached hydrogens (tertiary/aromatic N) is 1. The van der Waals surface area contributed by atoms with E-state index in [2.05, 4.69) is 9.64 Å². The van der Waals surface area contributed by atoms with Gasteiger partial charge in [0, 0.05) is 6.54 Å². The third kappa shape index (κ3) is 4.43. The molecule has 14 heavy (non-hydrogen) atoms. The average molecular weight is 202 g/mol. The van der Waals surface area contributed by atoms with Crippen molar-refractivity contribution in [1.82, 2.24) is 4.90 Å². The highest BCUT2D eigenvalue weighted by molar-refractivity contribution is 5.64. The second kappa shape index (κ2) is 5.82. The van der Waals surface area contributed by atoms with Crippen molar-refractivity contribution < 1.29 is 14.6 Å². The Balaban J connectivity index is 2.11. The molecule has 0 radical (unpaired) electrons. The smallest absolute Gasteiger partial charge is 0.404 e. The molecule has 1 aliphatic rings. The van der Waals surface area contributed by atoms with Crippen molar-refractivity contribution in [2.75, 3.05) is 26.2 Å². The van der Waals surface area contributed by atoms with Crippen LogP contribution in [0.2, 0.25) is 0 Å². The maximum atomic E-state index is 10.3. The zero-order valence-electron chi connectivity index (χ0n) is 8.32. The van der Waals surface area contributed by atoms with Gasteiger partial charge in [0.05, 0.1) is 0 Å². The Kier molecular flexibility index (Phi) is 4.69. The van der Waals surface area contributed by atoms with Gasteiger partial charge in [0.1, 0.15) is 12.7 Å². The van der Waals surface area contributed by atoms with E-state index in [-0.39, 0.29) is 6.61 Å². The summed E-state index contributed by atoms with van der Waals surface area (Å²) in [6, 6.07) is 0. The number of aliphatic hydroxyl groups excluding tert-OH is 1. The van der Waals surface area contributed by atoms with Gasteiger partial charge in [-0.05, 0) is 25.9 Å². The molecule has 0 aromatic carbocycles. The molecule has 0 aromatic rings. The number of hydrogen-bond acceptors (Lipinski definition) is 4. The second-order valence-corrected chi connectivity index (χ2v) is 3.65. The number of β-amino-alcohol motifs (C(OH)–C–C–N with tert-alkyl or cyclic N) is 1. The fraction of sp³-hybridized carbons (Fsp3) is 0.889. The lowest BCUT2D eigenvalue weighted by atomic mass is 10.1. The Labute approximate surface area is 83.8 Å². The minimum Gasteiger partial charge on any atom is -0.447 e. The van der Waals surface area contributed by atoms with Crippen molar-refractivity contribution in [3.63, 3.8) is 0 Å². The Morgan fingerprint density at radius 3 is 2.64 bits per heavy atom. The van der Waals surface area contributed by atoms with E-state index < -0.39 is 12.2 Å². The standard InChI is InChI=1S/C9H18N2O3/c10-9(13)14-7-8(12)6-11-4-2-1-3-5-11/h8,12H,1-7H2,(H2,10,13). The highest BCUT2D eigenvalue weighted by Gasteiger charge is 2.15. The number of likely N-dealkylation sites (tertiary alicyclic amines) is 1. The summed E-state index contributed by atoms with van der Waals surface area (Å²) in [5.74, 6) is 0. The van der Waals surface area contributed by atoms with Gasteiger partial charge < -0.3 is 20.5 Å². The molecule has 5 heteroatoms. The lowest BCUT2D eigenvalue weighted by Gasteiger charge is -2.28. The van der Waals surface area contributed by atoms with Gasteiger partial charge in [0.15, 0.2) is 0 Å². The predicted octanol–water partition coefficient (Wildman–Crippen LogP) is -0.0715. The zero-order valence-corrected chi connectivity index (χ0v) is 8.32. The number of primary amides is 1. The molecule has 1 aliphatic heterocycles. The van der Waals surface area contributed by atoms with Crippen molar-refractivity contribution in [3.8, 4) is 0 Å². The number of rotatable bonds is 4. The molecule has 0 saturated carbocycles. The number of carbonyl (C=O) groups excluding carboxylic acids is 1. The molecular formula is C9H18N2O3. The summed E-state index contributed by atoms with van der Waals surface area (Å²) in [6.45, 7) is 2.60. The van der Waals surface area contributed by atoms with E-state index in [9.17, 15) is 9.90 Å². The van der Waals surface area contributed by atoms with Crippen LogP contribution < -0.4 is 5.73 Å². The lowest BCUT2D eigenvalue weighted by molar-refractivity contribution is 0.0423. The van der Waals surface area contributed by atoms with Gasteiger partial charge in [-0.25, -0.2) is 4.79 Å². The van der Waals surface area contributed by atoms with Crippen LogP contribution in [0.4, 0.5) is 4.79 Å². The monoisotopic (exact) mass is 202 g/mol. The van der Waals surface area contributed by atoms with Gasteiger partial charge in [-0.2, -0.15) is 0 Å². The Morgan fingerprint density at radius 2 is 2.07 bits per heavy atom. The van der Waals surface area contributed by atoms with E-state index in [1.54, 1.807) is 0 Å². The predicted molar refractivity (Wildman–Crippen MR) is 51.8 cm³/mol. The number of aliphatic hydroxyl groups is 1. The summed E-state index contributed by atoms with van der Waals surface area (Å²) in [6.07, 6.45) is 2.18. The van der Waals surface area contributed by atoms with Crippen molar-refractivity contribution >= 4 is 6.09 Å². The fourth-order valence-electron chi connectivity index (χ4n) is 1.67. The molecule has 1 rings (SSSR count). The van der Waals surface area contributed by atoms with E-state index in [1.807, 2.05) is 0 Å². The summed E-state index contributed by atoms with van der Waals surface area (Å²) >= 11 is 0. The number of piperidine rings is 1. The lowest BCUT2D eigenvalue weighted by Crippen LogP contribution is -2.38. The summed E-state index contributed by atoms with van der Waals surface area (Å²) < 4.78 is 4.51.